The summed E-state index contributed by atoms with van der Waals surface area (Å²) >= 11 is 3.41. The van der Waals surface area contributed by atoms with Crippen LogP contribution in [0.25, 0.3) is 10.1 Å². The van der Waals surface area contributed by atoms with Crippen molar-refractivity contribution >= 4 is 45.0 Å². The van der Waals surface area contributed by atoms with Crippen molar-refractivity contribution in [1.29, 1.82) is 0 Å². The van der Waals surface area contributed by atoms with Crippen molar-refractivity contribution in [2.45, 2.75) is 31.8 Å². The lowest BCUT2D eigenvalue weighted by Gasteiger charge is -2.49. The second-order valence-electron chi connectivity index (χ2n) is 8.23. The number of aromatic nitrogens is 1. The SMILES string of the molecule is CC1C(NC(=O)c2cc3c(C(=O)N4CCSCC4)csc3cn2)C2CCN1CC2. The van der Waals surface area contributed by atoms with Gasteiger partial charge in [0.25, 0.3) is 11.8 Å². The molecule has 0 radical (unpaired) electrons. The van der Waals surface area contributed by atoms with E-state index in [-0.39, 0.29) is 17.9 Å². The van der Waals surface area contributed by atoms with Crippen LogP contribution in [0.4, 0.5) is 0 Å². The lowest BCUT2D eigenvalue weighted by molar-refractivity contribution is 0.0216. The molecule has 1 N–H and O–H groups in total. The van der Waals surface area contributed by atoms with Gasteiger partial charge in [-0.25, -0.2) is 4.98 Å². The molecule has 0 aromatic carbocycles. The fourth-order valence-electron chi connectivity index (χ4n) is 4.93. The molecule has 2 aromatic heterocycles. The number of rotatable bonds is 3. The van der Waals surface area contributed by atoms with E-state index < -0.39 is 0 Å². The number of thiophene rings is 1. The van der Waals surface area contributed by atoms with Gasteiger partial charge in [0.15, 0.2) is 0 Å². The number of nitrogens with one attached hydrogen (secondary N) is 1. The van der Waals surface area contributed by atoms with E-state index in [1.54, 1.807) is 12.3 Å². The topological polar surface area (TPSA) is 65.5 Å². The molecule has 4 fully saturated rings. The number of hydrogen-bond donors (Lipinski definition) is 1. The molecule has 4 saturated heterocycles. The third-order valence-corrected chi connectivity index (χ3v) is 8.57. The maximum atomic E-state index is 13.0. The minimum Gasteiger partial charge on any atom is -0.346 e. The Morgan fingerprint density at radius 3 is 2.66 bits per heavy atom. The number of pyridine rings is 1. The summed E-state index contributed by atoms with van der Waals surface area (Å²) in [7, 11) is 0. The quantitative estimate of drug-likeness (QED) is 0.811. The van der Waals surface area contributed by atoms with E-state index in [0.29, 0.717) is 23.2 Å². The standard InChI is InChI=1S/C21H26N4O2S2/c1-13-19(14-2-4-24(13)5-3-14)23-20(26)17-10-15-16(12-29-18(15)11-22-17)21(27)25-6-8-28-9-7-25/h10-14,19H,2-9H2,1H3,(H,23,26). The maximum absolute atomic E-state index is 13.0. The molecule has 154 valence electrons. The number of amides is 2. The first-order chi connectivity index (χ1) is 14.1. The summed E-state index contributed by atoms with van der Waals surface area (Å²) in [5, 5.41) is 6.01. The van der Waals surface area contributed by atoms with Crippen molar-refractivity contribution in [2.24, 2.45) is 5.92 Å². The molecule has 29 heavy (non-hydrogen) atoms. The zero-order valence-corrected chi connectivity index (χ0v) is 18.2. The number of carbonyl (C=O) groups excluding carboxylic acids is 2. The molecule has 0 spiro atoms. The van der Waals surface area contributed by atoms with Crippen LogP contribution in [0.2, 0.25) is 0 Å². The predicted molar refractivity (Wildman–Crippen MR) is 118 cm³/mol. The average molecular weight is 431 g/mol. The Morgan fingerprint density at radius 2 is 1.93 bits per heavy atom. The smallest absolute Gasteiger partial charge is 0.270 e. The highest BCUT2D eigenvalue weighted by Crippen LogP contribution is 2.32. The first-order valence-corrected chi connectivity index (χ1v) is 12.4. The third kappa shape index (κ3) is 3.55. The average Bonchev–Trinajstić information content (AvgIpc) is 3.20. The summed E-state index contributed by atoms with van der Waals surface area (Å²) < 4.78 is 0.951. The molecule has 4 aliphatic rings. The summed E-state index contributed by atoms with van der Waals surface area (Å²) in [6.07, 6.45) is 4.04. The molecule has 4 aliphatic heterocycles. The van der Waals surface area contributed by atoms with Gasteiger partial charge in [-0.1, -0.05) is 0 Å². The van der Waals surface area contributed by atoms with E-state index in [1.807, 2.05) is 22.0 Å². The van der Waals surface area contributed by atoms with Crippen molar-refractivity contribution in [2.75, 3.05) is 37.7 Å². The Hall–Kier alpha value is -1.64. The van der Waals surface area contributed by atoms with Gasteiger partial charge < -0.3 is 10.2 Å². The largest absolute Gasteiger partial charge is 0.346 e. The van der Waals surface area contributed by atoms with Gasteiger partial charge >= 0.3 is 0 Å². The first kappa shape index (κ1) is 19.3. The van der Waals surface area contributed by atoms with E-state index in [4.69, 9.17) is 0 Å². The Kier molecular flexibility index (Phi) is 5.26. The number of nitrogens with zero attached hydrogens (tertiary/aromatic N) is 3. The highest BCUT2D eigenvalue weighted by Gasteiger charge is 2.40. The van der Waals surface area contributed by atoms with Gasteiger partial charge in [-0.2, -0.15) is 11.8 Å². The number of carbonyl (C=O) groups is 2. The molecule has 2 unspecified atom stereocenters. The Morgan fingerprint density at radius 1 is 1.17 bits per heavy atom. The molecule has 0 saturated carbocycles. The van der Waals surface area contributed by atoms with Crippen LogP contribution in [0.3, 0.4) is 0 Å². The lowest BCUT2D eigenvalue weighted by Crippen LogP contribution is -2.62. The number of thioether (sulfide) groups is 1. The fraction of sp³-hybridized carbons (Fsp3) is 0.571. The van der Waals surface area contributed by atoms with Gasteiger partial charge in [-0.05, 0) is 44.8 Å². The normalized spacial score (nSPS) is 29.2. The number of piperidine rings is 3. The zero-order valence-electron chi connectivity index (χ0n) is 16.6. The molecular weight excluding hydrogens is 404 g/mol. The Labute approximate surface area is 179 Å². The van der Waals surface area contributed by atoms with E-state index in [9.17, 15) is 9.59 Å². The molecule has 2 atom stereocenters. The van der Waals surface area contributed by atoms with E-state index >= 15 is 0 Å². The van der Waals surface area contributed by atoms with Crippen LogP contribution < -0.4 is 5.32 Å². The highest BCUT2D eigenvalue weighted by molar-refractivity contribution is 7.99. The van der Waals surface area contributed by atoms with E-state index in [1.165, 1.54) is 11.3 Å². The van der Waals surface area contributed by atoms with Crippen LogP contribution in [0, 0.1) is 5.92 Å². The molecule has 6 heterocycles. The molecular formula is C21H26N4O2S2. The lowest BCUT2D eigenvalue weighted by atomic mass is 9.79. The number of hydrogen-bond acceptors (Lipinski definition) is 6. The van der Waals surface area contributed by atoms with Crippen LogP contribution in [0.1, 0.15) is 40.6 Å². The molecule has 2 bridgehead atoms. The zero-order chi connectivity index (χ0) is 20.0. The summed E-state index contributed by atoms with van der Waals surface area (Å²) in [5.41, 5.74) is 1.10. The molecule has 6 nitrogen and oxygen atoms in total. The summed E-state index contributed by atoms with van der Waals surface area (Å²) in [6.45, 7) is 6.06. The van der Waals surface area contributed by atoms with Gasteiger partial charge in [-0.15, -0.1) is 11.3 Å². The molecule has 6 rings (SSSR count). The van der Waals surface area contributed by atoms with E-state index in [2.05, 4.69) is 22.1 Å². The van der Waals surface area contributed by atoms with Crippen molar-refractivity contribution in [1.82, 2.24) is 20.1 Å². The Bertz CT molecular complexity index is 930. The monoisotopic (exact) mass is 430 g/mol. The highest BCUT2D eigenvalue weighted by atomic mass is 32.2. The minimum atomic E-state index is -0.128. The van der Waals surface area contributed by atoms with Gasteiger partial charge in [-0.3, -0.25) is 14.5 Å². The van der Waals surface area contributed by atoms with Crippen LogP contribution in [0.15, 0.2) is 17.6 Å². The second-order valence-corrected chi connectivity index (χ2v) is 10.4. The van der Waals surface area contributed by atoms with Gasteiger partial charge in [0, 0.05) is 53.6 Å². The van der Waals surface area contributed by atoms with Crippen LogP contribution >= 0.6 is 23.1 Å². The number of fused-ring (bicyclic) bond motifs is 4. The van der Waals surface area contributed by atoms with Crippen LogP contribution in [0.5, 0.6) is 0 Å². The summed E-state index contributed by atoms with van der Waals surface area (Å²) in [4.78, 5) is 34.8. The van der Waals surface area contributed by atoms with Crippen molar-refractivity contribution < 1.29 is 9.59 Å². The molecule has 0 aliphatic carbocycles. The van der Waals surface area contributed by atoms with Crippen molar-refractivity contribution in [3.63, 3.8) is 0 Å². The summed E-state index contributed by atoms with van der Waals surface area (Å²) in [6, 6.07) is 2.35. The molecule has 8 heteroatoms. The first-order valence-electron chi connectivity index (χ1n) is 10.4. The van der Waals surface area contributed by atoms with E-state index in [0.717, 1.165) is 60.6 Å². The van der Waals surface area contributed by atoms with Crippen molar-refractivity contribution in [3.05, 3.63) is 28.9 Å². The third-order valence-electron chi connectivity index (χ3n) is 6.70. The van der Waals surface area contributed by atoms with Gasteiger partial charge in [0.1, 0.15) is 5.69 Å². The summed E-state index contributed by atoms with van der Waals surface area (Å²) in [5.74, 6) is 2.47. The Balaban J connectivity index is 1.38. The van der Waals surface area contributed by atoms with Crippen LogP contribution in [-0.4, -0.2) is 76.4 Å². The molecule has 2 amide bonds. The second kappa shape index (κ2) is 7.89. The minimum absolute atomic E-state index is 0.0696. The predicted octanol–water partition coefficient (Wildman–Crippen LogP) is 2.70. The van der Waals surface area contributed by atoms with Crippen LogP contribution in [-0.2, 0) is 0 Å². The van der Waals surface area contributed by atoms with Gasteiger partial charge in [0.2, 0.25) is 0 Å². The van der Waals surface area contributed by atoms with Crippen molar-refractivity contribution in [3.8, 4) is 0 Å². The fourth-order valence-corrected chi connectivity index (χ4v) is 6.72. The maximum Gasteiger partial charge on any atom is 0.270 e. The van der Waals surface area contributed by atoms with Gasteiger partial charge in [0.05, 0.1) is 10.3 Å². The molecule has 2 aromatic rings.